The maximum atomic E-state index is 14.1. The number of nitrogens with zero attached hydrogens (tertiary/aromatic N) is 2. The number of carbonyl (C=O) groups excluding carboxylic acids is 1. The van der Waals surface area contributed by atoms with Crippen molar-refractivity contribution < 1.29 is 13.9 Å². The van der Waals surface area contributed by atoms with Gasteiger partial charge in [-0.05, 0) is 56.6 Å². The quantitative estimate of drug-likeness (QED) is 0.544. The molecule has 0 bridgehead atoms. The Morgan fingerprint density at radius 3 is 2.73 bits per heavy atom. The zero-order valence-electron chi connectivity index (χ0n) is 18.2. The van der Waals surface area contributed by atoms with Gasteiger partial charge in [-0.2, -0.15) is 0 Å². The smallest absolute Gasteiger partial charge is 0.310 e. The zero-order chi connectivity index (χ0) is 20.9. The molecule has 0 radical (unpaired) electrons. The molecule has 5 rings (SSSR count). The van der Waals surface area contributed by atoms with Gasteiger partial charge in [0.25, 0.3) is 0 Å². The summed E-state index contributed by atoms with van der Waals surface area (Å²) in [5, 5.41) is 0. The molecule has 4 nitrogen and oxygen atoms in total. The van der Waals surface area contributed by atoms with E-state index < -0.39 is 0 Å². The molecular formula is C25H33FN2O2. The Kier molecular flexibility index (Phi) is 5.12. The van der Waals surface area contributed by atoms with Crippen LogP contribution in [-0.2, 0) is 9.53 Å². The van der Waals surface area contributed by atoms with E-state index in [1.807, 2.05) is 12.1 Å². The number of carbonyl (C=O) groups is 1. The summed E-state index contributed by atoms with van der Waals surface area (Å²) in [4.78, 5) is 17.3. The largest absolute Gasteiger partial charge is 0.462 e. The SMILES string of the molecule is CC1=C2C[C@@H]3[C@H](CN4CCN(c5ccccc5F)CC4)C(=O)O[C@@H]3C[C@@]2(C)CCC1. The summed E-state index contributed by atoms with van der Waals surface area (Å²) in [7, 11) is 0. The highest BCUT2D eigenvalue weighted by molar-refractivity contribution is 5.76. The van der Waals surface area contributed by atoms with Gasteiger partial charge in [-0.1, -0.05) is 30.2 Å². The number of hydrogen-bond donors (Lipinski definition) is 0. The van der Waals surface area contributed by atoms with Crippen molar-refractivity contribution in [1.29, 1.82) is 0 Å². The summed E-state index contributed by atoms with van der Waals surface area (Å²) in [6.07, 6.45) is 5.80. The fourth-order valence-electron chi connectivity index (χ4n) is 6.48. The Morgan fingerprint density at radius 1 is 1.20 bits per heavy atom. The van der Waals surface area contributed by atoms with Crippen LogP contribution in [-0.4, -0.2) is 49.7 Å². The van der Waals surface area contributed by atoms with Crippen LogP contribution < -0.4 is 4.90 Å². The molecule has 1 aromatic carbocycles. The summed E-state index contributed by atoms with van der Waals surface area (Å²) in [6.45, 7) is 8.74. The van der Waals surface area contributed by atoms with E-state index in [9.17, 15) is 9.18 Å². The molecule has 4 atom stereocenters. The number of halogens is 1. The molecule has 162 valence electrons. The lowest BCUT2D eigenvalue weighted by molar-refractivity contribution is -0.145. The van der Waals surface area contributed by atoms with Crippen LogP contribution in [0, 0.1) is 23.1 Å². The Hall–Kier alpha value is -1.88. The zero-order valence-corrected chi connectivity index (χ0v) is 18.2. The number of fused-ring (bicyclic) bond motifs is 2. The lowest BCUT2D eigenvalue weighted by atomic mass is 9.59. The van der Waals surface area contributed by atoms with Crippen molar-refractivity contribution in [2.24, 2.45) is 17.3 Å². The van der Waals surface area contributed by atoms with Gasteiger partial charge in [-0.25, -0.2) is 4.39 Å². The molecule has 0 aromatic heterocycles. The third kappa shape index (κ3) is 3.45. The molecule has 2 saturated heterocycles. The number of benzene rings is 1. The summed E-state index contributed by atoms with van der Waals surface area (Å²) < 4.78 is 20.0. The van der Waals surface area contributed by atoms with Gasteiger partial charge in [-0.3, -0.25) is 9.69 Å². The minimum absolute atomic E-state index is 0.00188. The number of esters is 1. The highest BCUT2D eigenvalue weighted by Gasteiger charge is 2.53. The van der Waals surface area contributed by atoms with E-state index in [4.69, 9.17) is 4.74 Å². The highest BCUT2D eigenvalue weighted by Crippen LogP contribution is 2.55. The monoisotopic (exact) mass is 412 g/mol. The number of anilines is 1. The molecule has 2 heterocycles. The van der Waals surface area contributed by atoms with Crippen LogP contribution in [0.4, 0.5) is 10.1 Å². The predicted molar refractivity (Wildman–Crippen MR) is 116 cm³/mol. The van der Waals surface area contributed by atoms with Gasteiger partial charge < -0.3 is 9.64 Å². The van der Waals surface area contributed by atoms with Gasteiger partial charge in [0.2, 0.25) is 0 Å². The first kappa shape index (κ1) is 20.0. The van der Waals surface area contributed by atoms with E-state index in [-0.39, 0.29) is 29.2 Å². The van der Waals surface area contributed by atoms with E-state index >= 15 is 0 Å². The average molecular weight is 413 g/mol. The summed E-state index contributed by atoms with van der Waals surface area (Å²) in [6, 6.07) is 6.99. The maximum absolute atomic E-state index is 14.1. The molecular weight excluding hydrogens is 379 g/mol. The number of para-hydroxylation sites is 1. The number of hydrogen-bond acceptors (Lipinski definition) is 4. The Morgan fingerprint density at radius 2 is 1.97 bits per heavy atom. The lowest BCUT2D eigenvalue weighted by Gasteiger charge is -2.46. The second-order valence-corrected chi connectivity index (χ2v) is 10.1. The molecule has 2 aliphatic carbocycles. The van der Waals surface area contributed by atoms with Crippen LogP contribution in [0.1, 0.15) is 46.0 Å². The number of allylic oxidation sites excluding steroid dienone is 2. The third-order valence-electron chi connectivity index (χ3n) is 8.20. The first-order valence-corrected chi connectivity index (χ1v) is 11.6. The van der Waals surface area contributed by atoms with Gasteiger partial charge in [0.05, 0.1) is 11.6 Å². The van der Waals surface area contributed by atoms with Crippen LogP contribution in [0.2, 0.25) is 0 Å². The minimum Gasteiger partial charge on any atom is -0.462 e. The van der Waals surface area contributed by atoms with Gasteiger partial charge in [-0.15, -0.1) is 0 Å². The third-order valence-corrected chi connectivity index (χ3v) is 8.20. The first-order chi connectivity index (χ1) is 14.4. The molecule has 0 spiro atoms. The van der Waals surface area contributed by atoms with Crippen LogP contribution >= 0.6 is 0 Å². The van der Waals surface area contributed by atoms with Crippen LogP contribution in [0.25, 0.3) is 0 Å². The van der Waals surface area contributed by atoms with Crippen molar-refractivity contribution >= 4 is 11.7 Å². The fourth-order valence-corrected chi connectivity index (χ4v) is 6.48. The summed E-state index contributed by atoms with van der Waals surface area (Å²) in [5.74, 6) is 0.136. The molecule has 0 unspecified atom stereocenters. The van der Waals surface area contributed by atoms with Crippen LogP contribution in [0.15, 0.2) is 35.4 Å². The molecule has 0 N–H and O–H groups in total. The summed E-state index contributed by atoms with van der Waals surface area (Å²) in [5.41, 5.74) is 4.08. The van der Waals surface area contributed by atoms with Crippen molar-refractivity contribution in [3.8, 4) is 0 Å². The number of rotatable bonds is 3. The second-order valence-electron chi connectivity index (χ2n) is 10.1. The molecule has 1 saturated carbocycles. The number of piperazine rings is 1. The van der Waals surface area contributed by atoms with Crippen LogP contribution in [0.5, 0.6) is 0 Å². The average Bonchev–Trinajstić information content (AvgIpc) is 3.01. The predicted octanol–water partition coefficient (Wildman–Crippen LogP) is 4.41. The van der Waals surface area contributed by atoms with Gasteiger partial charge in [0, 0.05) is 38.6 Å². The van der Waals surface area contributed by atoms with E-state index in [1.165, 1.54) is 25.3 Å². The van der Waals surface area contributed by atoms with Gasteiger partial charge >= 0.3 is 5.97 Å². The number of ether oxygens (including phenoxy) is 1. The van der Waals surface area contributed by atoms with Gasteiger partial charge in [0.1, 0.15) is 11.9 Å². The molecule has 3 fully saturated rings. The van der Waals surface area contributed by atoms with Crippen molar-refractivity contribution in [3.63, 3.8) is 0 Å². The summed E-state index contributed by atoms with van der Waals surface area (Å²) >= 11 is 0. The molecule has 4 aliphatic rings. The molecule has 0 amide bonds. The van der Waals surface area contributed by atoms with E-state index in [2.05, 4.69) is 23.6 Å². The molecule has 2 aliphatic heterocycles. The van der Waals surface area contributed by atoms with E-state index in [0.29, 0.717) is 11.6 Å². The molecule has 1 aromatic rings. The standard InChI is InChI=1S/C25H33FN2O2/c1-17-6-5-9-25(2)15-23-18(14-20(17)25)19(24(29)30-23)16-27-10-12-28(13-11-27)22-8-4-3-7-21(22)26/h3-4,7-8,18-19,23H,5-6,9-16H2,1-2H3/t18-,19+,23-,25-/m1/s1. The first-order valence-electron chi connectivity index (χ1n) is 11.6. The fraction of sp³-hybridized carbons (Fsp3) is 0.640. The normalized spacial score (nSPS) is 34.6. The minimum atomic E-state index is -0.158. The van der Waals surface area contributed by atoms with Crippen LogP contribution in [0.3, 0.4) is 0 Å². The molecule has 5 heteroatoms. The maximum Gasteiger partial charge on any atom is 0.310 e. The van der Waals surface area contributed by atoms with Crippen molar-refractivity contribution in [3.05, 3.63) is 41.2 Å². The van der Waals surface area contributed by atoms with Crippen molar-refractivity contribution in [2.45, 2.75) is 52.1 Å². The van der Waals surface area contributed by atoms with Crippen molar-refractivity contribution in [2.75, 3.05) is 37.6 Å². The Labute approximate surface area is 179 Å². The molecule has 30 heavy (non-hydrogen) atoms. The van der Waals surface area contributed by atoms with E-state index in [0.717, 1.165) is 45.6 Å². The Bertz CT molecular complexity index is 860. The van der Waals surface area contributed by atoms with Crippen molar-refractivity contribution in [1.82, 2.24) is 4.90 Å². The highest BCUT2D eigenvalue weighted by atomic mass is 19.1. The topological polar surface area (TPSA) is 32.8 Å². The lowest BCUT2D eigenvalue weighted by Crippen LogP contribution is -2.49. The Balaban J connectivity index is 1.25. The second kappa shape index (κ2) is 7.67. The van der Waals surface area contributed by atoms with E-state index in [1.54, 1.807) is 17.2 Å². The van der Waals surface area contributed by atoms with Gasteiger partial charge in [0.15, 0.2) is 0 Å².